The monoisotopic (exact) mass is 485 g/mol. The van der Waals surface area contributed by atoms with Crippen LogP contribution < -0.4 is 10.6 Å². The maximum Gasteiger partial charge on any atom is 0.269 e. The molecule has 1 aromatic heterocycles. The Kier molecular flexibility index (Phi) is 6.81. The van der Waals surface area contributed by atoms with E-state index in [2.05, 4.69) is 56.2 Å². The first-order chi connectivity index (χ1) is 17.5. The van der Waals surface area contributed by atoms with Gasteiger partial charge in [-0.05, 0) is 30.7 Å². The van der Waals surface area contributed by atoms with Crippen LogP contribution in [0.25, 0.3) is 11.1 Å². The van der Waals surface area contributed by atoms with Gasteiger partial charge in [0.25, 0.3) is 5.91 Å². The molecule has 5 rings (SSSR count). The summed E-state index contributed by atoms with van der Waals surface area (Å²) < 4.78 is 5.19. The molecule has 0 spiro atoms. The van der Waals surface area contributed by atoms with Crippen LogP contribution in [-0.4, -0.2) is 72.1 Å². The van der Waals surface area contributed by atoms with Crippen LogP contribution in [0.4, 0.5) is 5.69 Å². The number of likely N-dealkylation sites (N-methyl/N-ethyl adjacent to an activating group) is 1. The van der Waals surface area contributed by atoms with Crippen LogP contribution in [0.3, 0.4) is 0 Å². The lowest BCUT2D eigenvalue weighted by Crippen LogP contribution is -2.41. The minimum atomic E-state index is -0.0318. The number of aliphatic imine (C=N–C) groups is 2. The first kappa shape index (κ1) is 23.7. The van der Waals surface area contributed by atoms with Gasteiger partial charge in [0.1, 0.15) is 5.84 Å². The third-order valence-corrected chi connectivity index (χ3v) is 6.69. The van der Waals surface area contributed by atoms with Gasteiger partial charge in [-0.3, -0.25) is 14.9 Å². The molecule has 186 valence electrons. The summed E-state index contributed by atoms with van der Waals surface area (Å²) in [6, 6.07) is 8.19. The Labute approximate surface area is 210 Å². The summed E-state index contributed by atoms with van der Waals surface area (Å²) in [6.07, 6.45) is 12.7. The number of carbonyl (C=O) groups excluding carboxylic acids is 1. The maximum atomic E-state index is 12.9. The number of benzene rings is 1. The Morgan fingerprint density at radius 3 is 2.83 bits per heavy atom. The van der Waals surface area contributed by atoms with Crippen molar-refractivity contribution < 1.29 is 9.53 Å². The molecule has 3 heterocycles. The number of methoxy groups -OCH3 is 1. The summed E-state index contributed by atoms with van der Waals surface area (Å²) in [5.74, 6) is 1.68. The van der Waals surface area contributed by atoms with E-state index in [1.165, 1.54) is 0 Å². The number of nitrogens with zero attached hydrogens (tertiary/aromatic N) is 4. The Balaban J connectivity index is 1.24. The summed E-state index contributed by atoms with van der Waals surface area (Å²) in [4.78, 5) is 24.1. The number of hydrogen-bond acceptors (Lipinski definition) is 7. The van der Waals surface area contributed by atoms with Crippen molar-refractivity contribution in [3.63, 3.8) is 0 Å². The maximum absolute atomic E-state index is 12.9. The molecule has 9 heteroatoms. The van der Waals surface area contributed by atoms with E-state index < -0.39 is 0 Å². The minimum Gasteiger partial charge on any atom is -0.383 e. The molecular formula is C27H31N7O2. The number of H-pyrrole nitrogens is 1. The number of anilines is 1. The average Bonchev–Trinajstić information content (AvgIpc) is 3.58. The summed E-state index contributed by atoms with van der Waals surface area (Å²) in [5.41, 5.74) is 4.71. The van der Waals surface area contributed by atoms with Gasteiger partial charge < -0.3 is 20.3 Å². The molecule has 1 aromatic carbocycles. The van der Waals surface area contributed by atoms with Crippen LogP contribution >= 0.6 is 0 Å². The van der Waals surface area contributed by atoms with Crippen molar-refractivity contribution in [2.75, 3.05) is 32.6 Å². The zero-order chi connectivity index (χ0) is 25.1. The van der Waals surface area contributed by atoms with E-state index >= 15 is 0 Å². The van der Waals surface area contributed by atoms with Gasteiger partial charge in [-0.15, -0.1) is 0 Å². The fraction of sp³-hybridized carbons (Fsp3) is 0.333. The second-order valence-electron chi connectivity index (χ2n) is 9.23. The van der Waals surface area contributed by atoms with Crippen LogP contribution in [0.15, 0.2) is 82.2 Å². The highest BCUT2D eigenvalue weighted by atomic mass is 16.5. The zero-order valence-corrected chi connectivity index (χ0v) is 20.7. The second-order valence-corrected chi connectivity index (χ2v) is 9.23. The van der Waals surface area contributed by atoms with Crippen molar-refractivity contribution in [1.82, 2.24) is 20.4 Å². The molecule has 3 aliphatic rings. The normalized spacial score (nSPS) is 21.4. The van der Waals surface area contributed by atoms with Gasteiger partial charge in [0.15, 0.2) is 5.84 Å². The third kappa shape index (κ3) is 5.01. The molecule has 0 fully saturated rings. The Morgan fingerprint density at radius 1 is 1.25 bits per heavy atom. The molecule has 3 unspecified atom stereocenters. The molecule has 2 aromatic rings. The predicted molar refractivity (Wildman–Crippen MR) is 142 cm³/mol. The number of ether oxygens (including phenoxy) is 1. The van der Waals surface area contributed by atoms with Gasteiger partial charge in [-0.1, -0.05) is 30.4 Å². The van der Waals surface area contributed by atoms with Crippen molar-refractivity contribution in [2.24, 2.45) is 15.9 Å². The molecule has 0 radical (unpaired) electrons. The number of carbonyl (C=O) groups is 1. The minimum absolute atomic E-state index is 0.00165. The number of amidine groups is 2. The van der Waals surface area contributed by atoms with E-state index in [-0.39, 0.29) is 23.9 Å². The molecule has 1 amide bonds. The first-order valence-electron chi connectivity index (χ1n) is 12.1. The van der Waals surface area contributed by atoms with Crippen LogP contribution in [0.2, 0.25) is 0 Å². The van der Waals surface area contributed by atoms with Crippen LogP contribution in [0.1, 0.15) is 13.3 Å². The van der Waals surface area contributed by atoms with Crippen molar-refractivity contribution >= 4 is 23.3 Å². The van der Waals surface area contributed by atoms with Crippen LogP contribution in [0.5, 0.6) is 0 Å². The van der Waals surface area contributed by atoms with Crippen LogP contribution in [-0.2, 0) is 9.53 Å². The van der Waals surface area contributed by atoms with E-state index in [4.69, 9.17) is 9.73 Å². The number of nitrogens with one attached hydrogen (secondary N) is 3. The fourth-order valence-corrected chi connectivity index (χ4v) is 4.49. The average molecular weight is 486 g/mol. The zero-order valence-electron chi connectivity index (χ0n) is 20.7. The van der Waals surface area contributed by atoms with Crippen molar-refractivity contribution in [3.8, 4) is 11.1 Å². The molecule has 0 saturated heterocycles. The molecule has 3 atom stereocenters. The molecule has 9 nitrogen and oxygen atoms in total. The van der Waals surface area contributed by atoms with Crippen molar-refractivity contribution in [2.45, 2.75) is 25.4 Å². The highest BCUT2D eigenvalue weighted by Gasteiger charge is 2.32. The summed E-state index contributed by atoms with van der Waals surface area (Å²) in [7, 11) is 3.45. The Hall–Kier alpha value is -3.98. The molecule has 2 aliphatic heterocycles. The van der Waals surface area contributed by atoms with E-state index in [0.29, 0.717) is 24.7 Å². The van der Waals surface area contributed by atoms with Gasteiger partial charge in [0.2, 0.25) is 0 Å². The number of aromatic nitrogens is 2. The number of aromatic amines is 1. The summed E-state index contributed by atoms with van der Waals surface area (Å²) >= 11 is 0. The van der Waals surface area contributed by atoms with Gasteiger partial charge in [-0.25, -0.2) is 4.99 Å². The van der Waals surface area contributed by atoms with E-state index in [1.54, 1.807) is 25.3 Å². The Morgan fingerprint density at radius 2 is 2.08 bits per heavy atom. The van der Waals surface area contributed by atoms with Gasteiger partial charge in [0, 0.05) is 56.1 Å². The van der Waals surface area contributed by atoms with Crippen molar-refractivity contribution in [3.05, 3.63) is 72.2 Å². The van der Waals surface area contributed by atoms with Gasteiger partial charge in [-0.2, -0.15) is 5.10 Å². The Bertz CT molecular complexity index is 1260. The third-order valence-electron chi connectivity index (χ3n) is 6.69. The number of amides is 1. The molecule has 0 saturated carbocycles. The largest absolute Gasteiger partial charge is 0.383 e. The topological polar surface area (TPSA) is 107 Å². The second kappa shape index (κ2) is 10.3. The lowest BCUT2D eigenvalue weighted by Gasteiger charge is -2.25. The predicted octanol–water partition coefficient (Wildman–Crippen LogP) is 3.15. The van der Waals surface area contributed by atoms with E-state index in [0.717, 1.165) is 34.6 Å². The summed E-state index contributed by atoms with van der Waals surface area (Å²) in [6.45, 7) is 3.14. The molecular weight excluding hydrogens is 454 g/mol. The highest BCUT2D eigenvalue weighted by Crippen LogP contribution is 2.28. The number of rotatable bonds is 7. The number of fused-ring (bicyclic) bond motifs is 1. The fourth-order valence-electron chi connectivity index (χ4n) is 4.49. The lowest BCUT2D eigenvalue weighted by molar-refractivity contribution is -0.128. The SMILES string of the molecule is COCC(C)N(C)C(=O)C1=CC2C=CC(C3=NCCC(Nc4ccc(-c5cn[nH]c5)cc4)=N3)=CC2N1. The molecule has 3 N–H and O–H groups in total. The van der Waals surface area contributed by atoms with Crippen LogP contribution in [0, 0.1) is 5.92 Å². The molecule has 36 heavy (non-hydrogen) atoms. The van der Waals surface area contributed by atoms with E-state index in [9.17, 15) is 4.79 Å². The number of hydrogen-bond donors (Lipinski definition) is 3. The standard InChI is InChI=1S/C27H31N7O2/c1-17(16-36-3)34(2)27(35)24-12-19-4-5-20(13-23(19)32-24)26-28-11-10-25(33-26)31-22-8-6-18(7-9-22)21-14-29-30-15-21/h4-9,12-15,17,19,23,32H,10-11,16H2,1-3H3,(H,29,30)(H,28,31,33). The lowest BCUT2D eigenvalue weighted by atomic mass is 9.93. The van der Waals surface area contributed by atoms with Crippen molar-refractivity contribution in [1.29, 1.82) is 0 Å². The first-order valence-corrected chi connectivity index (χ1v) is 12.1. The summed E-state index contributed by atoms with van der Waals surface area (Å²) in [5, 5.41) is 13.7. The van der Waals surface area contributed by atoms with Gasteiger partial charge in [0.05, 0.1) is 30.6 Å². The van der Waals surface area contributed by atoms with Gasteiger partial charge >= 0.3 is 0 Å². The van der Waals surface area contributed by atoms with E-state index in [1.807, 2.05) is 31.3 Å². The quantitative estimate of drug-likeness (QED) is 0.559. The highest BCUT2D eigenvalue weighted by molar-refractivity contribution is 6.12. The smallest absolute Gasteiger partial charge is 0.269 e. The molecule has 1 aliphatic carbocycles. The molecule has 0 bridgehead atoms.